The van der Waals surface area contributed by atoms with Gasteiger partial charge in [-0.2, -0.15) is 0 Å². The van der Waals surface area contributed by atoms with Crippen molar-refractivity contribution in [2.24, 2.45) is 0 Å². The Morgan fingerprint density at radius 3 is 2.83 bits per heavy atom. The van der Waals surface area contributed by atoms with E-state index in [2.05, 4.69) is 20.0 Å². The first kappa shape index (κ1) is 17.3. The molecule has 0 bridgehead atoms. The maximum atomic E-state index is 11.6. The number of aryl methyl sites for hydroxylation is 1. The molecule has 126 valence electrons. The summed E-state index contributed by atoms with van der Waals surface area (Å²) in [5.74, 6) is 0. The Morgan fingerprint density at radius 1 is 1.39 bits per heavy atom. The predicted octanol–water partition coefficient (Wildman–Crippen LogP) is 2.65. The fraction of sp³-hybridized carbons (Fsp3) is 0.529. The van der Waals surface area contributed by atoms with E-state index in [1.807, 2.05) is 59.0 Å². The molecule has 2 N–H and O–H groups in total. The largest absolute Gasteiger partial charge is 0.444 e. The van der Waals surface area contributed by atoms with Gasteiger partial charge in [0.05, 0.1) is 11.4 Å². The van der Waals surface area contributed by atoms with Gasteiger partial charge in [0.25, 0.3) is 0 Å². The average Bonchev–Trinajstić information content (AvgIpc) is 2.76. The molecule has 0 aromatic carbocycles. The molecule has 0 aliphatic heterocycles. The molecule has 2 heterocycles. The number of hydrogen-bond donors (Lipinski definition) is 2. The van der Waals surface area contributed by atoms with Crippen LogP contribution in [0.1, 0.15) is 39.1 Å². The topological polar surface area (TPSA) is 67.7 Å². The van der Waals surface area contributed by atoms with E-state index in [0.717, 1.165) is 17.0 Å². The monoisotopic (exact) mass is 318 g/mol. The quantitative estimate of drug-likeness (QED) is 0.889. The summed E-state index contributed by atoms with van der Waals surface area (Å²) in [6.07, 6.45) is 1.62. The van der Waals surface area contributed by atoms with Crippen LogP contribution >= 0.6 is 0 Å². The summed E-state index contributed by atoms with van der Waals surface area (Å²) >= 11 is 0. The Bertz CT molecular complexity index is 673. The molecule has 6 heteroatoms. The van der Waals surface area contributed by atoms with Crippen molar-refractivity contribution in [1.82, 2.24) is 20.0 Å². The van der Waals surface area contributed by atoms with Crippen molar-refractivity contribution in [2.45, 2.75) is 52.8 Å². The second-order valence-electron chi connectivity index (χ2n) is 6.74. The number of fused-ring (bicyclic) bond motifs is 1. The number of nitrogens with zero attached hydrogens (tertiary/aromatic N) is 2. The number of amides is 1. The number of pyridine rings is 1. The van der Waals surface area contributed by atoms with Gasteiger partial charge in [0.1, 0.15) is 11.2 Å². The van der Waals surface area contributed by atoms with E-state index in [0.29, 0.717) is 13.1 Å². The lowest BCUT2D eigenvalue weighted by molar-refractivity contribution is 0.0523. The van der Waals surface area contributed by atoms with Crippen LogP contribution in [-0.2, 0) is 11.3 Å². The van der Waals surface area contributed by atoms with Crippen molar-refractivity contribution >= 4 is 11.7 Å². The number of alkyl carbamates (subject to hydrolysis) is 1. The molecule has 2 rings (SSSR count). The third-order valence-corrected chi connectivity index (χ3v) is 3.40. The molecule has 0 saturated heterocycles. The first-order valence-corrected chi connectivity index (χ1v) is 7.89. The third kappa shape index (κ3) is 4.96. The predicted molar refractivity (Wildman–Crippen MR) is 90.5 cm³/mol. The summed E-state index contributed by atoms with van der Waals surface area (Å²) in [6.45, 7) is 10.8. The minimum absolute atomic E-state index is 0.121. The van der Waals surface area contributed by atoms with Gasteiger partial charge in [-0.3, -0.25) is 0 Å². The van der Waals surface area contributed by atoms with Crippen molar-refractivity contribution in [2.75, 3.05) is 6.54 Å². The maximum absolute atomic E-state index is 11.6. The first-order valence-electron chi connectivity index (χ1n) is 7.89. The van der Waals surface area contributed by atoms with Crippen LogP contribution in [0.4, 0.5) is 4.79 Å². The van der Waals surface area contributed by atoms with E-state index >= 15 is 0 Å². The van der Waals surface area contributed by atoms with Gasteiger partial charge in [0.2, 0.25) is 0 Å². The fourth-order valence-corrected chi connectivity index (χ4v) is 2.27. The van der Waals surface area contributed by atoms with Crippen LogP contribution in [-0.4, -0.2) is 33.7 Å². The van der Waals surface area contributed by atoms with Crippen molar-refractivity contribution < 1.29 is 9.53 Å². The molecule has 2 aromatic heterocycles. The Kier molecular flexibility index (Phi) is 5.26. The van der Waals surface area contributed by atoms with Gasteiger partial charge in [0.15, 0.2) is 0 Å². The molecule has 0 radical (unpaired) electrons. The minimum Gasteiger partial charge on any atom is -0.444 e. The van der Waals surface area contributed by atoms with Crippen molar-refractivity contribution in [3.63, 3.8) is 0 Å². The summed E-state index contributed by atoms with van der Waals surface area (Å²) in [5, 5.41) is 6.18. The van der Waals surface area contributed by atoms with Crippen LogP contribution in [0.15, 0.2) is 24.4 Å². The van der Waals surface area contributed by atoms with Crippen molar-refractivity contribution in [3.05, 3.63) is 35.8 Å². The van der Waals surface area contributed by atoms with Gasteiger partial charge in [-0.15, -0.1) is 0 Å². The highest BCUT2D eigenvalue weighted by Crippen LogP contribution is 2.11. The highest BCUT2D eigenvalue weighted by atomic mass is 16.6. The average molecular weight is 318 g/mol. The van der Waals surface area contributed by atoms with Gasteiger partial charge in [-0.25, -0.2) is 9.78 Å². The number of rotatable bonds is 5. The summed E-state index contributed by atoms with van der Waals surface area (Å²) in [5.41, 5.74) is 2.61. The molecular weight excluding hydrogens is 292 g/mol. The maximum Gasteiger partial charge on any atom is 0.407 e. The second-order valence-corrected chi connectivity index (χ2v) is 6.74. The Hall–Kier alpha value is -2.08. The summed E-state index contributed by atoms with van der Waals surface area (Å²) < 4.78 is 7.30. The normalized spacial score (nSPS) is 13.1. The number of hydrogen-bond acceptors (Lipinski definition) is 4. The Balaban J connectivity index is 1.85. The van der Waals surface area contributed by atoms with Crippen LogP contribution in [0.25, 0.3) is 5.65 Å². The van der Waals surface area contributed by atoms with Crippen LogP contribution in [0.2, 0.25) is 0 Å². The molecule has 0 saturated carbocycles. The lowest BCUT2D eigenvalue weighted by Crippen LogP contribution is -2.41. The van der Waals surface area contributed by atoms with Crippen LogP contribution in [0.5, 0.6) is 0 Å². The summed E-state index contributed by atoms with van der Waals surface area (Å²) in [7, 11) is 0. The summed E-state index contributed by atoms with van der Waals surface area (Å²) in [4.78, 5) is 16.2. The molecule has 1 unspecified atom stereocenters. The highest BCUT2D eigenvalue weighted by Gasteiger charge is 2.16. The summed E-state index contributed by atoms with van der Waals surface area (Å²) in [6, 6.07) is 6.08. The number of carbonyl (C=O) groups excluding carboxylic acids is 1. The van der Waals surface area contributed by atoms with E-state index in [4.69, 9.17) is 4.74 Å². The first-order chi connectivity index (χ1) is 10.8. The van der Waals surface area contributed by atoms with Gasteiger partial charge < -0.3 is 19.8 Å². The molecule has 0 aliphatic carbocycles. The van der Waals surface area contributed by atoms with E-state index in [-0.39, 0.29) is 6.04 Å². The highest BCUT2D eigenvalue weighted by molar-refractivity contribution is 5.67. The van der Waals surface area contributed by atoms with Crippen LogP contribution in [0.3, 0.4) is 0 Å². The third-order valence-electron chi connectivity index (χ3n) is 3.40. The molecule has 2 aromatic rings. The second kappa shape index (κ2) is 7.00. The van der Waals surface area contributed by atoms with E-state index < -0.39 is 11.7 Å². The number of ether oxygens (including phenoxy) is 1. The number of carbonyl (C=O) groups is 1. The van der Waals surface area contributed by atoms with E-state index in [1.54, 1.807) is 0 Å². The fourth-order valence-electron chi connectivity index (χ4n) is 2.27. The van der Waals surface area contributed by atoms with Gasteiger partial charge >= 0.3 is 6.09 Å². The zero-order chi connectivity index (χ0) is 17.0. The molecule has 6 nitrogen and oxygen atoms in total. The van der Waals surface area contributed by atoms with Crippen LogP contribution in [0, 0.1) is 6.92 Å². The molecule has 23 heavy (non-hydrogen) atoms. The molecule has 0 fully saturated rings. The van der Waals surface area contributed by atoms with Gasteiger partial charge in [-0.05, 0) is 46.8 Å². The van der Waals surface area contributed by atoms with Crippen molar-refractivity contribution in [1.29, 1.82) is 0 Å². The van der Waals surface area contributed by atoms with Gasteiger partial charge in [0, 0.05) is 25.3 Å². The molecule has 1 atom stereocenters. The standard InChI is InChI=1S/C17H26N4O2/c1-12(10-19-16(22)23-17(3,4)5)18-11-14-13(2)20-15-8-6-7-9-21(14)15/h6-9,12,18H,10-11H2,1-5H3,(H,19,22). The lowest BCUT2D eigenvalue weighted by Gasteiger charge is -2.21. The van der Waals surface area contributed by atoms with Crippen LogP contribution < -0.4 is 10.6 Å². The van der Waals surface area contributed by atoms with Crippen molar-refractivity contribution in [3.8, 4) is 0 Å². The molecule has 1 amide bonds. The number of nitrogens with one attached hydrogen (secondary N) is 2. The SMILES string of the molecule is Cc1nc2ccccn2c1CNC(C)CNC(=O)OC(C)(C)C. The molecular formula is C17H26N4O2. The smallest absolute Gasteiger partial charge is 0.407 e. The Labute approximate surface area is 137 Å². The number of imidazole rings is 1. The molecule has 0 spiro atoms. The Morgan fingerprint density at radius 2 is 2.13 bits per heavy atom. The van der Waals surface area contributed by atoms with E-state index in [9.17, 15) is 4.79 Å². The minimum atomic E-state index is -0.478. The van der Waals surface area contributed by atoms with E-state index in [1.165, 1.54) is 0 Å². The lowest BCUT2D eigenvalue weighted by atomic mass is 10.2. The molecule has 0 aliphatic rings. The zero-order valence-electron chi connectivity index (χ0n) is 14.5. The zero-order valence-corrected chi connectivity index (χ0v) is 14.5. The number of aromatic nitrogens is 2. The van der Waals surface area contributed by atoms with Gasteiger partial charge in [-0.1, -0.05) is 6.07 Å².